The summed E-state index contributed by atoms with van der Waals surface area (Å²) in [6.45, 7) is 2.51. The van der Waals surface area contributed by atoms with Gasteiger partial charge in [-0.1, -0.05) is 15.9 Å². The van der Waals surface area contributed by atoms with E-state index in [-0.39, 0.29) is 5.91 Å². The van der Waals surface area contributed by atoms with Gasteiger partial charge in [0.05, 0.1) is 6.33 Å². The van der Waals surface area contributed by atoms with Gasteiger partial charge in [-0.15, -0.1) is 0 Å². The van der Waals surface area contributed by atoms with Gasteiger partial charge >= 0.3 is 0 Å². The number of carbonyl (C=O) groups excluding carboxylic acids is 1. The molecule has 0 spiro atoms. The number of hydrogen-bond donors (Lipinski definition) is 0. The van der Waals surface area contributed by atoms with Crippen LogP contribution in [0.15, 0.2) is 18.7 Å². The van der Waals surface area contributed by atoms with Gasteiger partial charge in [0.1, 0.15) is 0 Å². The molecule has 2 rings (SSSR count). The average molecular weight is 272 g/mol. The maximum Gasteiger partial charge on any atom is 0.223 e. The highest BCUT2D eigenvalue weighted by atomic mass is 79.9. The number of aromatic nitrogens is 2. The molecule has 1 aromatic rings. The highest BCUT2D eigenvalue weighted by molar-refractivity contribution is 9.09. The van der Waals surface area contributed by atoms with E-state index in [2.05, 4.69) is 20.9 Å². The molecule has 0 saturated carbocycles. The van der Waals surface area contributed by atoms with Crippen LogP contribution in [0.5, 0.6) is 0 Å². The lowest BCUT2D eigenvalue weighted by atomic mass is 10.2. The summed E-state index contributed by atoms with van der Waals surface area (Å²) in [6, 6.07) is 0. The first-order chi connectivity index (χ1) is 7.29. The Morgan fingerprint density at radius 1 is 1.53 bits per heavy atom. The van der Waals surface area contributed by atoms with Gasteiger partial charge in [0.25, 0.3) is 0 Å². The number of hydrogen-bond acceptors (Lipinski definition) is 2. The molecule has 82 valence electrons. The van der Waals surface area contributed by atoms with Crippen molar-refractivity contribution in [2.24, 2.45) is 5.92 Å². The van der Waals surface area contributed by atoms with Crippen LogP contribution >= 0.6 is 15.9 Å². The molecule has 0 radical (unpaired) electrons. The van der Waals surface area contributed by atoms with Crippen molar-refractivity contribution in [1.82, 2.24) is 14.5 Å². The molecule has 1 aliphatic heterocycles. The van der Waals surface area contributed by atoms with Gasteiger partial charge in [0.2, 0.25) is 5.91 Å². The first-order valence-electron chi connectivity index (χ1n) is 5.09. The molecule has 2 heterocycles. The predicted octanol–water partition coefficient (Wildman–Crippen LogP) is 1.13. The second-order valence-electron chi connectivity index (χ2n) is 3.86. The van der Waals surface area contributed by atoms with Crippen LogP contribution in [0.4, 0.5) is 0 Å². The normalized spacial score (nSPS) is 21.3. The van der Waals surface area contributed by atoms with Gasteiger partial charge in [-0.25, -0.2) is 4.98 Å². The van der Waals surface area contributed by atoms with E-state index in [1.807, 2.05) is 15.7 Å². The minimum Gasteiger partial charge on any atom is -0.341 e. The summed E-state index contributed by atoms with van der Waals surface area (Å²) in [5.41, 5.74) is 0. The number of halogens is 1. The topological polar surface area (TPSA) is 38.1 Å². The summed E-state index contributed by atoms with van der Waals surface area (Å²) >= 11 is 3.43. The zero-order chi connectivity index (χ0) is 10.7. The Kier molecular flexibility index (Phi) is 3.41. The van der Waals surface area contributed by atoms with Gasteiger partial charge in [-0.05, 0) is 5.92 Å². The van der Waals surface area contributed by atoms with Crippen molar-refractivity contribution in [2.45, 2.75) is 13.0 Å². The number of carbonyl (C=O) groups is 1. The zero-order valence-corrected chi connectivity index (χ0v) is 10.1. The van der Waals surface area contributed by atoms with E-state index in [0.29, 0.717) is 12.3 Å². The molecule has 1 saturated heterocycles. The molecule has 0 aliphatic carbocycles. The van der Waals surface area contributed by atoms with Crippen molar-refractivity contribution in [2.75, 3.05) is 18.4 Å². The Morgan fingerprint density at radius 2 is 2.40 bits per heavy atom. The van der Waals surface area contributed by atoms with Crippen LogP contribution in [0, 0.1) is 5.92 Å². The number of imidazole rings is 1. The summed E-state index contributed by atoms with van der Waals surface area (Å²) in [7, 11) is 0. The molecule has 1 aliphatic rings. The summed E-state index contributed by atoms with van der Waals surface area (Å²) in [5, 5.41) is 0.917. The lowest BCUT2D eigenvalue weighted by Crippen LogP contribution is -2.28. The van der Waals surface area contributed by atoms with Crippen LogP contribution < -0.4 is 0 Å². The molecule has 1 fully saturated rings. The summed E-state index contributed by atoms with van der Waals surface area (Å²) in [6.07, 6.45) is 6.15. The molecule has 4 nitrogen and oxygen atoms in total. The first kappa shape index (κ1) is 10.7. The quantitative estimate of drug-likeness (QED) is 0.770. The SMILES string of the molecule is O=C1CC(CBr)CN1CCn1ccnc1. The summed E-state index contributed by atoms with van der Waals surface area (Å²) in [4.78, 5) is 17.5. The molecule has 0 bridgehead atoms. The number of rotatable bonds is 4. The van der Waals surface area contributed by atoms with Gasteiger partial charge < -0.3 is 9.47 Å². The fraction of sp³-hybridized carbons (Fsp3) is 0.600. The maximum atomic E-state index is 11.6. The molecule has 1 aromatic heterocycles. The number of nitrogens with zero attached hydrogens (tertiary/aromatic N) is 3. The molecule has 5 heteroatoms. The molecule has 1 unspecified atom stereocenters. The van der Waals surface area contributed by atoms with E-state index in [4.69, 9.17) is 0 Å². The zero-order valence-electron chi connectivity index (χ0n) is 8.47. The second kappa shape index (κ2) is 4.79. The number of amides is 1. The van der Waals surface area contributed by atoms with Crippen LogP contribution in [0.2, 0.25) is 0 Å². The Morgan fingerprint density at radius 3 is 3.00 bits per heavy atom. The Bertz CT molecular complexity index is 325. The van der Waals surface area contributed by atoms with E-state index in [1.165, 1.54) is 0 Å². The molecule has 1 atom stereocenters. The van der Waals surface area contributed by atoms with Crippen LogP contribution in [-0.4, -0.2) is 38.8 Å². The highest BCUT2D eigenvalue weighted by Crippen LogP contribution is 2.19. The van der Waals surface area contributed by atoms with Crippen molar-refractivity contribution in [1.29, 1.82) is 0 Å². The summed E-state index contributed by atoms with van der Waals surface area (Å²) < 4.78 is 1.99. The largest absolute Gasteiger partial charge is 0.341 e. The van der Waals surface area contributed by atoms with Gasteiger partial charge in [0.15, 0.2) is 0 Å². The third kappa shape index (κ3) is 2.59. The average Bonchev–Trinajstić information content (AvgIpc) is 2.84. The first-order valence-corrected chi connectivity index (χ1v) is 6.21. The molecular formula is C10H14BrN3O. The van der Waals surface area contributed by atoms with Crippen molar-refractivity contribution < 1.29 is 4.79 Å². The Balaban J connectivity index is 1.83. The minimum absolute atomic E-state index is 0.277. The van der Waals surface area contributed by atoms with E-state index < -0.39 is 0 Å². The van der Waals surface area contributed by atoms with E-state index >= 15 is 0 Å². The third-order valence-electron chi connectivity index (χ3n) is 2.70. The minimum atomic E-state index is 0.277. The molecule has 0 N–H and O–H groups in total. The number of alkyl halides is 1. The van der Waals surface area contributed by atoms with Crippen LogP contribution in [0.25, 0.3) is 0 Å². The van der Waals surface area contributed by atoms with Gasteiger partial charge in [-0.2, -0.15) is 0 Å². The molecule has 0 aromatic carbocycles. The van der Waals surface area contributed by atoms with E-state index in [9.17, 15) is 4.79 Å². The molecule has 15 heavy (non-hydrogen) atoms. The van der Waals surface area contributed by atoms with Crippen LogP contribution in [0.3, 0.4) is 0 Å². The molecular weight excluding hydrogens is 258 g/mol. The second-order valence-corrected chi connectivity index (χ2v) is 4.51. The lowest BCUT2D eigenvalue weighted by Gasteiger charge is -2.16. The number of likely N-dealkylation sites (tertiary alicyclic amines) is 1. The summed E-state index contributed by atoms with van der Waals surface area (Å²) in [5.74, 6) is 0.764. The lowest BCUT2D eigenvalue weighted by molar-refractivity contribution is -0.127. The van der Waals surface area contributed by atoms with Crippen molar-refractivity contribution >= 4 is 21.8 Å². The van der Waals surface area contributed by atoms with E-state index in [1.54, 1.807) is 12.5 Å². The van der Waals surface area contributed by atoms with Crippen molar-refractivity contribution in [3.05, 3.63) is 18.7 Å². The molecule has 1 amide bonds. The third-order valence-corrected chi connectivity index (χ3v) is 3.62. The monoisotopic (exact) mass is 271 g/mol. The van der Waals surface area contributed by atoms with Crippen molar-refractivity contribution in [3.8, 4) is 0 Å². The predicted molar refractivity (Wildman–Crippen MR) is 60.7 cm³/mol. The fourth-order valence-corrected chi connectivity index (χ4v) is 2.26. The van der Waals surface area contributed by atoms with Crippen LogP contribution in [0.1, 0.15) is 6.42 Å². The Hall–Kier alpha value is -0.840. The smallest absolute Gasteiger partial charge is 0.223 e. The van der Waals surface area contributed by atoms with Gasteiger partial charge in [0, 0.05) is 43.8 Å². The van der Waals surface area contributed by atoms with Gasteiger partial charge in [-0.3, -0.25) is 4.79 Å². The fourth-order valence-electron chi connectivity index (χ4n) is 1.83. The Labute approximate surface area is 97.4 Å². The van der Waals surface area contributed by atoms with E-state index in [0.717, 1.165) is 25.0 Å². The standard InChI is InChI=1S/C10H14BrN3O/c11-6-9-5-10(15)14(7-9)4-3-13-2-1-12-8-13/h1-2,8-9H,3-7H2. The van der Waals surface area contributed by atoms with Crippen LogP contribution in [-0.2, 0) is 11.3 Å². The highest BCUT2D eigenvalue weighted by Gasteiger charge is 2.28. The van der Waals surface area contributed by atoms with Crippen molar-refractivity contribution in [3.63, 3.8) is 0 Å². The maximum absolute atomic E-state index is 11.6.